The second kappa shape index (κ2) is 5.58. The zero-order valence-electron chi connectivity index (χ0n) is 9.35. The number of aromatic carboxylic acids is 1. The maximum absolute atomic E-state index is 11.5. The molecule has 1 aliphatic carbocycles. The number of nitrogens with one attached hydrogen (secondary N) is 1. The molecule has 1 saturated carbocycles. The van der Waals surface area contributed by atoms with E-state index in [0.29, 0.717) is 6.04 Å². The van der Waals surface area contributed by atoms with Gasteiger partial charge in [-0.3, -0.25) is 4.79 Å². The van der Waals surface area contributed by atoms with Crippen molar-refractivity contribution in [3.63, 3.8) is 0 Å². The molecule has 2 rings (SSSR count). The van der Waals surface area contributed by atoms with Crippen LogP contribution in [0.5, 0.6) is 0 Å². The van der Waals surface area contributed by atoms with Crippen molar-refractivity contribution in [2.75, 3.05) is 5.75 Å². The van der Waals surface area contributed by atoms with Gasteiger partial charge in [-0.1, -0.05) is 23.4 Å². The number of rotatable bonds is 5. The van der Waals surface area contributed by atoms with E-state index >= 15 is 0 Å². The van der Waals surface area contributed by atoms with Gasteiger partial charge in [-0.15, -0.1) is 0 Å². The third-order valence-electron chi connectivity index (χ3n) is 2.34. The van der Waals surface area contributed by atoms with Crippen molar-refractivity contribution in [1.82, 2.24) is 10.3 Å². The summed E-state index contributed by atoms with van der Waals surface area (Å²) >= 11 is 6.79. The highest BCUT2D eigenvalue weighted by molar-refractivity contribution is 8.00. The van der Waals surface area contributed by atoms with E-state index in [9.17, 15) is 9.59 Å². The molecule has 1 fully saturated rings. The van der Waals surface area contributed by atoms with Crippen LogP contribution in [-0.2, 0) is 4.79 Å². The van der Waals surface area contributed by atoms with E-state index in [-0.39, 0.29) is 27.4 Å². The summed E-state index contributed by atoms with van der Waals surface area (Å²) in [4.78, 5) is 26.4. The van der Waals surface area contributed by atoms with Crippen molar-refractivity contribution in [2.45, 2.75) is 23.9 Å². The lowest BCUT2D eigenvalue weighted by Crippen LogP contribution is -2.27. The fourth-order valence-electron chi connectivity index (χ4n) is 1.32. The van der Waals surface area contributed by atoms with E-state index < -0.39 is 5.97 Å². The normalized spacial score (nSPS) is 14.3. The largest absolute Gasteiger partial charge is 0.478 e. The Hall–Kier alpha value is -1.27. The molecule has 18 heavy (non-hydrogen) atoms. The first-order valence-electron chi connectivity index (χ1n) is 5.38. The lowest BCUT2D eigenvalue weighted by atomic mass is 10.3. The maximum Gasteiger partial charge on any atom is 0.338 e. The van der Waals surface area contributed by atoms with Gasteiger partial charge in [-0.25, -0.2) is 9.78 Å². The number of nitrogens with zero attached hydrogens (tertiary/aromatic N) is 1. The second-order valence-electron chi connectivity index (χ2n) is 3.92. The molecular weight excluding hydrogens is 276 g/mol. The van der Waals surface area contributed by atoms with Crippen LogP contribution in [0.25, 0.3) is 0 Å². The van der Waals surface area contributed by atoms with Gasteiger partial charge in [0.15, 0.2) is 0 Å². The molecule has 0 saturated heterocycles. The van der Waals surface area contributed by atoms with Crippen molar-refractivity contribution in [3.05, 3.63) is 22.8 Å². The Kier molecular flexibility index (Phi) is 4.08. The van der Waals surface area contributed by atoms with Crippen LogP contribution in [0.2, 0.25) is 5.15 Å². The van der Waals surface area contributed by atoms with Gasteiger partial charge in [0.25, 0.3) is 0 Å². The van der Waals surface area contributed by atoms with Crippen molar-refractivity contribution in [2.24, 2.45) is 0 Å². The van der Waals surface area contributed by atoms with E-state index in [0.717, 1.165) is 24.6 Å². The molecular formula is C11H11ClN2O3S. The number of amides is 1. The van der Waals surface area contributed by atoms with Crippen LogP contribution in [0.1, 0.15) is 23.2 Å². The van der Waals surface area contributed by atoms with Crippen LogP contribution in [-0.4, -0.2) is 33.8 Å². The molecule has 0 aliphatic heterocycles. The molecule has 2 N–H and O–H groups in total. The Bertz CT molecular complexity index is 491. The van der Waals surface area contributed by atoms with E-state index in [1.165, 1.54) is 12.1 Å². The molecule has 1 heterocycles. The molecule has 1 aliphatic rings. The summed E-state index contributed by atoms with van der Waals surface area (Å²) in [5, 5.41) is 12.3. The van der Waals surface area contributed by atoms with Gasteiger partial charge in [0.1, 0.15) is 10.2 Å². The number of carbonyl (C=O) groups is 2. The second-order valence-corrected chi connectivity index (χ2v) is 5.27. The Labute approximate surface area is 113 Å². The summed E-state index contributed by atoms with van der Waals surface area (Å²) in [6.07, 6.45) is 2.04. The van der Waals surface area contributed by atoms with Gasteiger partial charge in [0, 0.05) is 6.04 Å². The van der Waals surface area contributed by atoms with E-state index in [1.807, 2.05) is 0 Å². The quantitative estimate of drug-likeness (QED) is 0.637. The fraction of sp³-hybridized carbons (Fsp3) is 0.364. The molecule has 5 nitrogen and oxygen atoms in total. The highest BCUT2D eigenvalue weighted by Crippen LogP contribution is 2.23. The Morgan fingerprint density at radius 1 is 1.50 bits per heavy atom. The molecule has 1 aromatic heterocycles. The van der Waals surface area contributed by atoms with E-state index in [2.05, 4.69) is 10.3 Å². The first kappa shape index (κ1) is 13.2. The predicted molar refractivity (Wildman–Crippen MR) is 68.1 cm³/mol. The van der Waals surface area contributed by atoms with Crippen LogP contribution < -0.4 is 5.32 Å². The van der Waals surface area contributed by atoms with Gasteiger partial charge in [-0.05, 0) is 25.0 Å². The minimum absolute atomic E-state index is 0.0589. The Balaban J connectivity index is 2.00. The number of thioether (sulfide) groups is 1. The molecule has 0 spiro atoms. The summed E-state index contributed by atoms with van der Waals surface area (Å²) in [5.41, 5.74) is 0.0589. The molecule has 96 valence electrons. The fourth-order valence-corrected chi connectivity index (χ4v) is 2.34. The van der Waals surface area contributed by atoms with Crippen LogP contribution >= 0.6 is 23.4 Å². The third kappa shape index (κ3) is 3.61. The van der Waals surface area contributed by atoms with Gasteiger partial charge in [0.2, 0.25) is 5.91 Å². The number of halogens is 1. The third-order valence-corrected chi connectivity index (χ3v) is 3.54. The monoisotopic (exact) mass is 286 g/mol. The lowest BCUT2D eigenvalue weighted by Gasteiger charge is -2.05. The maximum atomic E-state index is 11.5. The first-order chi connectivity index (χ1) is 8.56. The van der Waals surface area contributed by atoms with E-state index in [4.69, 9.17) is 16.7 Å². The average molecular weight is 287 g/mol. The molecule has 0 aromatic carbocycles. The number of hydrogen-bond donors (Lipinski definition) is 2. The highest BCUT2D eigenvalue weighted by atomic mass is 35.5. The van der Waals surface area contributed by atoms with Crippen molar-refractivity contribution >= 4 is 35.2 Å². The smallest absolute Gasteiger partial charge is 0.338 e. The molecule has 1 aromatic rings. The van der Waals surface area contributed by atoms with Crippen molar-refractivity contribution < 1.29 is 14.7 Å². The van der Waals surface area contributed by atoms with Crippen molar-refractivity contribution in [3.8, 4) is 0 Å². The number of carboxylic acids is 1. The van der Waals surface area contributed by atoms with E-state index in [1.54, 1.807) is 0 Å². The van der Waals surface area contributed by atoms with Crippen LogP contribution in [0.3, 0.4) is 0 Å². The van der Waals surface area contributed by atoms with Crippen LogP contribution in [0, 0.1) is 0 Å². The summed E-state index contributed by atoms with van der Waals surface area (Å²) in [6.45, 7) is 0. The molecule has 0 unspecified atom stereocenters. The zero-order valence-corrected chi connectivity index (χ0v) is 10.9. The first-order valence-corrected chi connectivity index (χ1v) is 6.74. The summed E-state index contributed by atoms with van der Waals surface area (Å²) < 4.78 is 0. The summed E-state index contributed by atoms with van der Waals surface area (Å²) in [5.74, 6) is -1.05. The molecule has 0 bridgehead atoms. The Morgan fingerprint density at radius 3 is 2.83 bits per heavy atom. The topological polar surface area (TPSA) is 79.3 Å². The van der Waals surface area contributed by atoms with Gasteiger partial charge < -0.3 is 10.4 Å². The average Bonchev–Trinajstić information content (AvgIpc) is 3.10. The molecule has 0 radical (unpaired) electrons. The predicted octanol–water partition coefficient (Wildman–Crippen LogP) is 1.80. The van der Waals surface area contributed by atoms with Crippen LogP contribution in [0.4, 0.5) is 0 Å². The van der Waals surface area contributed by atoms with Gasteiger partial charge in [0.05, 0.1) is 11.3 Å². The number of carboxylic acid groups (broad SMARTS) is 1. The summed E-state index contributed by atoms with van der Waals surface area (Å²) in [7, 11) is 0. The van der Waals surface area contributed by atoms with Crippen molar-refractivity contribution in [1.29, 1.82) is 0 Å². The Morgan fingerprint density at radius 2 is 2.22 bits per heavy atom. The van der Waals surface area contributed by atoms with Gasteiger partial charge >= 0.3 is 5.97 Å². The summed E-state index contributed by atoms with van der Waals surface area (Å²) in [6, 6.07) is 3.10. The molecule has 0 atom stereocenters. The highest BCUT2D eigenvalue weighted by Gasteiger charge is 2.23. The zero-order chi connectivity index (χ0) is 13.1. The minimum atomic E-state index is -1.08. The molecule has 1 amide bonds. The minimum Gasteiger partial charge on any atom is -0.478 e. The van der Waals surface area contributed by atoms with Gasteiger partial charge in [-0.2, -0.15) is 0 Å². The SMILES string of the molecule is O=C(CSc1nc(Cl)ccc1C(=O)O)NC1CC1. The molecule has 7 heteroatoms. The number of pyridine rings is 1. The number of aromatic nitrogens is 1. The van der Waals surface area contributed by atoms with Crippen LogP contribution in [0.15, 0.2) is 17.2 Å². The number of carbonyl (C=O) groups excluding carboxylic acids is 1. The number of hydrogen-bond acceptors (Lipinski definition) is 4. The lowest BCUT2D eigenvalue weighted by molar-refractivity contribution is -0.118. The standard InChI is InChI=1S/C11H11ClN2O3S/c12-8-4-3-7(11(16)17)10(14-8)18-5-9(15)13-6-1-2-6/h3-4,6H,1-2,5H2,(H,13,15)(H,16,17).